The number of alkyl halides is 2. The van der Waals surface area contributed by atoms with Gasteiger partial charge in [0.05, 0.1) is 11.5 Å². The summed E-state index contributed by atoms with van der Waals surface area (Å²) in [5.41, 5.74) is 7.28. The van der Waals surface area contributed by atoms with Gasteiger partial charge in [-0.05, 0) is 91.0 Å². The lowest BCUT2D eigenvalue weighted by Crippen LogP contribution is -2.60. The van der Waals surface area contributed by atoms with Gasteiger partial charge in [-0.15, -0.1) is 0 Å². The van der Waals surface area contributed by atoms with Crippen LogP contribution in [0.25, 0.3) is 11.1 Å². The molecule has 2 bridgehead atoms. The van der Waals surface area contributed by atoms with Gasteiger partial charge in [-0.25, -0.2) is 8.42 Å². The quantitative estimate of drug-likeness (QED) is 0.253. The van der Waals surface area contributed by atoms with Crippen molar-refractivity contribution in [2.75, 3.05) is 19.7 Å². The first-order chi connectivity index (χ1) is 22.0. The Bertz CT molecular complexity index is 1600. The van der Waals surface area contributed by atoms with Crippen LogP contribution in [0.2, 0.25) is 5.02 Å². The molecule has 3 N–H and O–H groups in total. The third-order valence-electron chi connectivity index (χ3n) is 9.89. The van der Waals surface area contributed by atoms with Crippen LogP contribution in [0.5, 0.6) is 5.75 Å². The second-order valence-electron chi connectivity index (χ2n) is 13.0. The normalized spacial score (nSPS) is 22.9. The Kier molecular flexibility index (Phi) is 9.71. The number of amides is 1. The molecule has 1 amide bonds. The molecule has 46 heavy (non-hydrogen) atoms. The van der Waals surface area contributed by atoms with E-state index in [-0.39, 0.29) is 35.9 Å². The number of ether oxygens (including phenoxy) is 1. The molecule has 0 spiro atoms. The number of rotatable bonds is 10. The Morgan fingerprint density at radius 3 is 2.04 bits per heavy atom. The summed E-state index contributed by atoms with van der Waals surface area (Å²) in [5, 5.41) is 0.550. The fourth-order valence-electron chi connectivity index (χ4n) is 7.11. The highest BCUT2D eigenvalue weighted by Crippen LogP contribution is 2.39. The van der Waals surface area contributed by atoms with E-state index < -0.39 is 33.5 Å². The van der Waals surface area contributed by atoms with Crippen LogP contribution in [0.4, 0.5) is 8.78 Å². The number of nitrogens with one attached hydrogen (secondary N) is 1. The molecule has 3 aromatic rings. The molecule has 246 valence electrons. The zero-order valence-corrected chi connectivity index (χ0v) is 27.2. The van der Waals surface area contributed by atoms with Crippen molar-refractivity contribution < 1.29 is 26.7 Å². The summed E-state index contributed by atoms with van der Waals surface area (Å²) in [6, 6.07) is 15.7. The maximum absolute atomic E-state index is 16.5. The lowest BCUT2D eigenvalue weighted by molar-refractivity contribution is -0.146. The Morgan fingerprint density at radius 2 is 1.46 bits per heavy atom. The second kappa shape index (κ2) is 13.6. The maximum atomic E-state index is 16.5. The van der Waals surface area contributed by atoms with E-state index in [0.29, 0.717) is 28.9 Å². The summed E-state index contributed by atoms with van der Waals surface area (Å²) >= 11 is 5.99. The number of carbonyl (C=O) groups is 1. The maximum Gasteiger partial charge on any atom is 0.298 e. The Labute approximate surface area is 274 Å². The van der Waals surface area contributed by atoms with Gasteiger partial charge in [-0.1, -0.05) is 67.3 Å². The van der Waals surface area contributed by atoms with Gasteiger partial charge in [0.2, 0.25) is 15.9 Å². The molecule has 0 radical (unpaired) electrons. The van der Waals surface area contributed by atoms with Gasteiger partial charge in [0, 0.05) is 29.7 Å². The first-order valence-corrected chi connectivity index (χ1v) is 17.9. The number of halogens is 3. The summed E-state index contributed by atoms with van der Waals surface area (Å²) in [5.74, 6) is -3.88. The van der Waals surface area contributed by atoms with Crippen LogP contribution >= 0.6 is 11.6 Å². The lowest BCUT2D eigenvalue weighted by Gasteiger charge is -2.39. The zero-order valence-electron chi connectivity index (χ0n) is 25.6. The molecule has 3 fully saturated rings. The summed E-state index contributed by atoms with van der Waals surface area (Å²) in [7, 11) is -4.53. The van der Waals surface area contributed by atoms with E-state index in [1.165, 1.54) is 72.7 Å². The minimum atomic E-state index is -4.53. The van der Waals surface area contributed by atoms with Gasteiger partial charge in [0.25, 0.3) is 5.92 Å². The molecule has 3 aromatic carbocycles. The topological polar surface area (TPSA) is 102 Å². The number of hydrogen-bond donors (Lipinski definition) is 2. The fourth-order valence-corrected chi connectivity index (χ4v) is 8.42. The number of hydrogen-bond acceptors (Lipinski definition) is 5. The van der Waals surface area contributed by atoms with Gasteiger partial charge < -0.3 is 15.4 Å². The molecule has 1 heterocycles. The van der Waals surface area contributed by atoms with Crippen LogP contribution in [0.1, 0.15) is 50.5 Å². The monoisotopic (exact) mass is 671 g/mol. The number of nitrogens with zero attached hydrogens (tertiary/aromatic N) is 1. The largest absolute Gasteiger partial charge is 0.493 e. The summed E-state index contributed by atoms with van der Waals surface area (Å²) in [6.07, 6.45) is 7.43. The molecule has 7 nitrogen and oxygen atoms in total. The minimum Gasteiger partial charge on any atom is -0.493 e. The van der Waals surface area contributed by atoms with Crippen molar-refractivity contribution in [2.24, 2.45) is 23.5 Å². The first-order valence-electron chi connectivity index (χ1n) is 16.0. The predicted molar refractivity (Wildman–Crippen MR) is 174 cm³/mol. The number of fused-ring (bicyclic) bond motifs is 2. The van der Waals surface area contributed by atoms with E-state index in [0.717, 1.165) is 31.2 Å². The summed E-state index contributed by atoms with van der Waals surface area (Å²) in [4.78, 5) is 15.0. The number of benzene rings is 3. The average Bonchev–Trinajstić information content (AvgIpc) is 3.25. The van der Waals surface area contributed by atoms with E-state index in [4.69, 9.17) is 22.1 Å². The molecule has 1 aliphatic heterocycles. The molecule has 0 unspecified atom stereocenters. The van der Waals surface area contributed by atoms with Crippen molar-refractivity contribution in [3.05, 3.63) is 83.4 Å². The van der Waals surface area contributed by atoms with Crippen molar-refractivity contribution in [1.29, 1.82) is 0 Å². The van der Waals surface area contributed by atoms with Gasteiger partial charge in [0.1, 0.15) is 5.75 Å². The Morgan fingerprint density at radius 1 is 0.891 bits per heavy atom. The molecule has 3 aliphatic rings. The molecule has 2 aliphatic carbocycles. The fraction of sp³-hybridized carbons (Fsp3) is 0.457. The molecule has 0 aromatic heterocycles. The highest BCUT2D eigenvalue weighted by molar-refractivity contribution is 7.89. The first kappa shape index (κ1) is 32.9. The van der Waals surface area contributed by atoms with Crippen LogP contribution in [-0.4, -0.2) is 51.0 Å². The van der Waals surface area contributed by atoms with Crippen LogP contribution in [0.15, 0.2) is 77.7 Å². The van der Waals surface area contributed by atoms with Crippen molar-refractivity contribution in [3.63, 3.8) is 0 Å². The Balaban J connectivity index is 1.24. The Hall–Kier alpha value is -3.05. The predicted octanol–water partition coefficient (Wildman–Crippen LogP) is 6.60. The van der Waals surface area contributed by atoms with Gasteiger partial charge in [0.15, 0.2) is 6.04 Å². The minimum absolute atomic E-state index is 0.00612. The zero-order chi connectivity index (χ0) is 32.5. The third kappa shape index (κ3) is 7.10. The van der Waals surface area contributed by atoms with Gasteiger partial charge in [-0.3, -0.25) is 4.79 Å². The van der Waals surface area contributed by atoms with E-state index in [2.05, 4.69) is 4.72 Å². The highest BCUT2D eigenvalue weighted by atomic mass is 35.5. The molecule has 11 heteroatoms. The lowest BCUT2D eigenvalue weighted by atomic mass is 9.90. The van der Waals surface area contributed by atoms with Crippen molar-refractivity contribution in [1.82, 2.24) is 9.62 Å². The standard InChI is InChI=1S/C35H40ClF2N3O4S/c36-29-14-10-25(11-15-29)24-8-12-28(13-9-24)35(37,38)33(34(42)41-20-26-6-7-27(21-41)32(26)39)40-46(43,44)31-18-16-30(17-19-31)45-22-23-4-2-1-3-5-23/h8-19,23,26-27,32-33,40H,1-7,20-22,39H2/t26-,27+,32-,33-/m0/s1. The van der Waals surface area contributed by atoms with Crippen LogP contribution in [0, 0.1) is 17.8 Å². The third-order valence-corrected chi connectivity index (χ3v) is 11.6. The van der Waals surface area contributed by atoms with Crippen molar-refractivity contribution >= 4 is 27.5 Å². The summed E-state index contributed by atoms with van der Waals surface area (Å²) in [6.45, 7) is 0.978. The van der Waals surface area contributed by atoms with Crippen LogP contribution < -0.4 is 15.2 Å². The van der Waals surface area contributed by atoms with Crippen molar-refractivity contribution in [2.45, 2.75) is 67.8 Å². The number of carbonyl (C=O) groups excluding carboxylic acids is 1. The van der Waals surface area contributed by atoms with Gasteiger partial charge >= 0.3 is 0 Å². The van der Waals surface area contributed by atoms with E-state index >= 15 is 8.78 Å². The molecule has 1 saturated heterocycles. The molecule has 2 saturated carbocycles. The highest BCUT2D eigenvalue weighted by Gasteiger charge is 2.52. The number of likely N-dealkylation sites (tertiary alicyclic amines) is 1. The average molecular weight is 672 g/mol. The SMILES string of the molecule is N[C@@H]1[C@@H]2CC[C@H]1CN(C(=O)[C@H](NS(=O)(=O)c1ccc(OCC3CCCCC3)cc1)C(F)(F)c1ccc(-c3ccc(Cl)cc3)cc1)C2. The van der Waals surface area contributed by atoms with Crippen LogP contribution in [0.3, 0.4) is 0 Å². The molecule has 6 rings (SSSR count). The number of piperidine rings is 1. The van der Waals surface area contributed by atoms with E-state index in [1.807, 2.05) is 0 Å². The smallest absolute Gasteiger partial charge is 0.298 e. The molecular weight excluding hydrogens is 632 g/mol. The van der Waals surface area contributed by atoms with Crippen molar-refractivity contribution in [3.8, 4) is 16.9 Å². The van der Waals surface area contributed by atoms with E-state index in [1.54, 1.807) is 24.3 Å². The van der Waals surface area contributed by atoms with Gasteiger partial charge in [-0.2, -0.15) is 13.5 Å². The summed E-state index contributed by atoms with van der Waals surface area (Å²) < 4.78 is 68.1. The van der Waals surface area contributed by atoms with Crippen LogP contribution in [-0.2, 0) is 20.7 Å². The number of nitrogens with two attached hydrogens (primary N) is 1. The molecule has 4 atom stereocenters. The molecular formula is C35H40ClF2N3O4S. The second-order valence-corrected chi connectivity index (χ2v) is 15.1. The van der Waals surface area contributed by atoms with E-state index in [9.17, 15) is 13.2 Å². The number of sulfonamides is 1.